The third-order valence-corrected chi connectivity index (χ3v) is 4.08. The van der Waals surface area contributed by atoms with Gasteiger partial charge < -0.3 is 0 Å². The van der Waals surface area contributed by atoms with Gasteiger partial charge in [0.2, 0.25) is 0 Å². The quantitative estimate of drug-likeness (QED) is 0.761. The van der Waals surface area contributed by atoms with Crippen molar-refractivity contribution in [3.63, 3.8) is 0 Å². The highest BCUT2D eigenvalue weighted by Gasteiger charge is 2.11. The molecule has 2 heterocycles. The lowest BCUT2D eigenvalue weighted by atomic mass is 10.3. The predicted molar refractivity (Wildman–Crippen MR) is 73.5 cm³/mol. The van der Waals surface area contributed by atoms with E-state index in [-0.39, 0.29) is 0 Å². The molecule has 0 atom stereocenters. The van der Waals surface area contributed by atoms with Crippen molar-refractivity contribution in [2.24, 2.45) is 0 Å². The van der Waals surface area contributed by atoms with Crippen LogP contribution in [0, 0.1) is 0 Å². The van der Waals surface area contributed by atoms with Crippen molar-refractivity contribution in [3.05, 3.63) is 45.1 Å². The molecule has 3 nitrogen and oxygen atoms in total. The summed E-state index contributed by atoms with van der Waals surface area (Å²) in [5, 5.41) is 6.11. The molecule has 0 fully saturated rings. The van der Waals surface area contributed by atoms with E-state index in [0.717, 1.165) is 18.8 Å². The molecule has 0 amide bonds. The first-order valence-corrected chi connectivity index (χ1v) is 7.15. The third kappa shape index (κ3) is 3.61. The summed E-state index contributed by atoms with van der Waals surface area (Å²) in [6.45, 7) is 6.18. The van der Waals surface area contributed by atoms with Crippen LogP contribution in [0.4, 0.5) is 0 Å². The van der Waals surface area contributed by atoms with Crippen LogP contribution in [0.15, 0.2) is 30.2 Å². The Bertz CT molecular complexity index is 467. The number of hydrogen-bond donors (Lipinski definition) is 0. The number of nitrogens with zero attached hydrogens (tertiary/aromatic N) is 3. The van der Waals surface area contributed by atoms with E-state index >= 15 is 0 Å². The molecule has 6 heteroatoms. The van der Waals surface area contributed by atoms with Gasteiger partial charge in [-0.3, -0.25) is 4.90 Å². The van der Waals surface area contributed by atoms with Crippen LogP contribution in [0.3, 0.4) is 0 Å². The number of halogens is 1. The van der Waals surface area contributed by atoms with Gasteiger partial charge in [-0.2, -0.15) is 0 Å². The average Bonchev–Trinajstić information content (AvgIpc) is 2.92. The van der Waals surface area contributed by atoms with Crippen molar-refractivity contribution in [3.8, 4) is 0 Å². The molecule has 0 saturated heterocycles. The van der Waals surface area contributed by atoms with Gasteiger partial charge >= 0.3 is 0 Å². The Balaban J connectivity index is 2.02. The Morgan fingerprint density at radius 2 is 2.35 bits per heavy atom. The maximum atomic E-state index is 6.01. The van der Waals surface area contributed by atoms with E-state index in [1.54, 1.807) is 11.3 Å². The van der Waals surface area contributed by atoms with Crippen LogP contribution >= 0.6 is 34.5 Å². The normalized spacial score (nSPS) is 10.9. The Kier molecular flexibility index (Phi) is 4.67. The van der Waals surface area contributed by atoms with E-state index in [1.807, 2.05) is 6.08 Å². The van der Waals surface area contributed by atoms with Crippen molar-refractivity contribution in [2.75, 3.05) is 6.54 Å². The van der Waals surface area contributed by atoms with Gasteiger partial charge in [-0.05, 0) is 11.4 Å². The average molecular weight is 286 g/mol. The molecular formula is C11H12ClN3S2. The standard InChI is InChI=1S/C11H12ClN3S2/c1-2-5-15(7-9-4-3-6-16-9)8-10-11(12)17-14-13-10/h2-4,6H,1,5,7-8H2. The molecule has 0 unspecified atom stereocenters. The van der Waals surface area contributed by atoms with E-state index in [4.69, 9.17) is 11.6 Å². The van der Waals surface area contributed by atoms with Crippen molar-refractivity contribution < 1.29 is 0 Å². The zero-order chi connectivity index (χ0) is 12.1. The minimum absolute atomic E-state index is 0.672. The van der Waals surface area contributed by atoms with Crippen LogP contribution in [-0.4, -0.2) is 21.0 Å². The maximum absolute atomic E-state index is 6.01. The van der Waals surface area contributed by atoms with E-state index in [2.05, 4.69) is 38.6 Å². The highest BCUT2D eigenvalue weighted by atomic mass is 35.5. The molecular weight excluding hydrogens is 274 g/mol. The highest BCUT2D eigenvalue weighted by Crippen LogP contribution is 2.20. The van der Waals surface area contributed by atoms with Crippen LogP contribution in [-0.2, 0) is 13.1 Å². The van der Waals surface area contributed by atoms with Gasteiger partial charge in [-0.15, -0.1) is 23.0 Å². The van der Waals surface area contributed by atoms with Gasteiger partial charge in [-0.25, -0.2) is 0 Å². The molecule has 0 bridgehead atoms. The van der Waals surface area contributed by atoms with Gasteiger partial charge in [0.15, 0.2) is 0 Å². The smallest absolute Gasteiger partial charge is 0.138 e. The van der Waals surface area contributed by atoms with Crippen molar-refractivity contribution in [1.29, 1.82) is 0 Å². The summed E-state index contributed by atoms with van der Waals surface area (Å²) < 4.78 is 4.51. The molecule has 2 aromatic rings. The second-order valence-corrected chi connectivity index (χ2v) is 5.92. The van der Waals surface area contributed by atoms with Crippen molar-refractivity contribution in [1.82, 2.24) is 14.5 Å². The van der Waals surface area contributed by atoms with Crippen LogP contribution < -0.4 is 0 Å². The minimum atomic E-state index is 0.672. The lowest BCUT2D eigenvalue weighted by Gasteiger charge is -2.18. The largest absolute Gasteiger partial charge is 0.289 e. The summed E-state index contributed by atoms with van der Waals surface area (Å²) in [6, 6.07) is 4.19. The van der Waals surface area contributed by atoms with Crippen LogP contribution in [0.5, 0.6) is 0 Å². The van der Waals surface area contributed by atoms with E-state index < -0.39 is 0 Å². The van der Waals surface area contributed by atoms with Gasteiger partial charge in [0.05, 0.1) is 0 Å². The predicted octanol–water partition coefficient (Wildman–Crippen LogP) is 3.44. The number of rotatable bonds is 6. The fourth-order valence-corrected chi connectivity index (χ4v) is 2.85. The summed E-state index contributed by atoms with van der Waals surface area (Å²) in [7, 11) is 0. The number of aromatic nitrogens is 2. The molecule has 2 rings (SSSR count). The SMILES string of the molecule is C=CCN(Cc1cccs1)Cc1nnsc1Cl. The Morgan fingerprint density at radius 3 is 2.94 bits per heavy atom. The first-order chi connectivity index (χ1) is 8.29. The second kappa shape index (κ2) is 6.26. The molecule has 0 aliphatic rings. The Hall–Kier alpha value is -0.750. The van der Waals surface area contributed by atoms with E-state index in [0.29, 0.717) is 10.9 Å². The zero-order valence-corrected chi connectivity index (χ0v) is 11.6. The van der Waals surface area contributed by atoms with Gasteiger partial charge in [0.25, 0.3) is 0 Å². The van der Waals surface area contributed by atoms with Gasteiger partial charge in [0.1, 0.15) is 10.0 Å². The minimum Gasteiger partial charge on any atom is -0.289 e. The summed E-state index contributed by atoms with van der Waals surface area (Å²) >= 11 is 8.99. The maximum Gasteiger partial charge on any atom is 0.138 e. The monoisotopic (exact) mass is 285 g/mol. The van der Waals surface area contributed by atoms with Crippen molar-refractivity contribution in [2.45, 2.75) is 13.1 Å². The molecule has 17 heavy (non-hydrogen) atoms. The Labute approximate surface area is 114 Å². The molecule has 0 aromatic carbocycles. The van der Waals surface area contributed by atoms with Crippen LogP contribution in [0.25, 0.3) is 0 Å². The van der Waals surface area contributed by atoms with E-state index in [9.17, 15) is 0 Å². The highest BCUT2D eigenvalue weighted by molar-refractivity contribution is 7.10. The summed E-state index contributed by atoms with van der Waals surface area (Å²) in [5.74, 6) is 0. The molecule has 0 aliphatic carbocycles. The fraction of sp³-hybridized carbons (Fsp3) is 0.273. The first-order valence-electron chi connectivity index (χ1n) is 5.12. The third-order valence-electron chi connectivity index (χ3n) is 2.23. The van der Waals surface area contributed by atoms with Crippen molar-refractivity contribution >= 4 is 34.5 Å². The second-order valence-electron chi connectivity index (χ2n) is 3.53. The molecule has 0 aliphatic heterocycles. The van der Waals surface area contributed by atoms with Gasteiger partial charge in [-0.1, -0.05) is 28.2 Å². The van der Waals surface area contributed by atoms with Crippen LogP contribution in [0.1, 0.15) is 10.6 Å². The lowest BCUT2D eigenvalue weighted by Crippen LogP contribution is -2.22. The fourth-order valence-electron chi connectivity index (χ4n) is 1.49. The molecule has 0 saturated carbocycles. The van der Waals surface area contributed by atoms with E-state index in [1.165, 1.54) is 16.4 Å². The molecule has 0 radical (unpaired) electrons. The first kappa shape index (κ1) is 12.7. The molecule has 0 spiro atoms. The zero-order valence-electron chi connectivity index (χ0n) is 9.17. The summed E-state index contributed by atoms with van der Waals surface area (Å²) in [6.07, 6.45) is 1.89. The number of hydrogen-bond acceptors (Lipinski definition) is 5. The molecule has 0 N–H and O–H groups in total. The summed E-state index contributed by atoms with van der Waals surface area (Å²) in [4.78, 5) is 3.56. The summed E-state index contributed by atoms with van der Waals surface area (Å²) in [5.41, 5.74) is 0.843. The Morgan fingerprint density at radius 1 is 1.47 bits per heavy atom. The molecule has 2 aromatic heterocycles. The topological polar surface area (TPSA) is 29.0 Å². The van der Waals surface area contributed by atoms with Gasteiger partial charge in [0, 0.05) is 36.0 Å². The lowest BCUT2D eigenvalue weighted by molar-refractivity contribution is 0.285. The number of thiophene rings is 1. The molecule has 90 valence electrons. The van der Waals surface area contributed by atoms with Crippen LogP contribution in [0.2, 0.25) is 4.34 Å².